The molecule has 0 radical (unpaired) electrons. The first kappa shape index (κ1) is 12.6. The number of rotatable bonds is 3. The van der Waals surface area contributed by atoms with Crippen molar-refractivity contribution in [2.24, 2.45) is 0 Å². The van der Waals surface area contributed by atoms with E-state index in [2.05, 4.69) is 10.3 Å². The fraction of sp³-hybridized carbons (Fsp3) is 0.154. The largest absolute Gasteiger partial charge is 0.397 e. The maximum Gasteiger partial charge on any atom is 0.141 e. The van der Waals surface area contributed by atoms with Crippen LogP contribution in [0.15, 0.2) is 30.5 Å². The van der Waals surface area contributed by atoms with Gasteiger partial charge in [-0.2, -0.15) is 0 Å². The third-order valence-corrected chi connectivity index (χ3v) is 2.83. The van der Waals surface area contributed by atoms with Crippen LogP contribution in [-0.2, 0) is 6.54 Å². The number of anilines is 2. The molecule has 2 rings (SSSR count). The molecule has 0 saturated carbocycles. The molecule has 0 saturated heterocycles. The second-order valence-corrected chi connectivity index (χ2v) is 4.44. The Morgan fingerprint density at radius 1 is 1.39 bits per heavy atom. The van der Waals surface area contributed by atoms with Gasteiger partial charge in [-0.3, -0.25) is 0 Å². The van der Waals surface area contributed by atoms with Gasteiger partial charge in [0.1, 0.15) is 11.6 Å². The highest BCUT2D eigenvalue weighted by Gasteiger charge is 2.03. The molecule has 0 aliphatic carbocycles. The summed E-state index contributed by atoms with van der Waals surface area (Å²) < 4.78 is 13.0. The fourth-order valence-electron chi connectivity index (χ4n) is 1.62. The Morgan fingerprint density at radius 2 is 2.17 bits per heavy atom. The predicted molar refractivity (Wildman–Crippen MR) is 72.1 cm³/mol. The Bertz CT molecular complexity index is 572. The number of hydrogen-bond acceptors (Lipinski definition) is 3. The number of nitrogens with one attached hydrogen (secondary N) is 1. The van der Waals surface area contributed by atoms with E-state index in [1.54, 1.807) is 18.3 Å². The van der Waals surface area contributed by atoms with Crippen molar-refractivity contribution in [3.05, 3.63) is 52.4 Å². The van der Waals surface area contributed by atoms with Gasteiger partial charge in [-0.1, -0.05) is 17.7 Å². The van der Waals surface area contributed by atoms with Crippen LogP contribution in [0.2, 0.25) is 5.02 Å². The summed E-state index contributed by atoms with van der Waals surface area (Å²) >= 11 is 5.71. The monoisotopic (exact) mass is 265 g/mol. The molecule has 0 spiro atoms. The molecular weight excluding hydrogens is 253 g/mol. The van der Waals surface area contributed by atoms with Crippen molar-refractivity contribution in [3.63, 3.8) is 0 Å². The van der Waals surface area contributed by atoms with Crippen molar-refractivity contribution >= 4 is 23.1 Å². The molecule has 0 unspecified atom stereocenters. The van der Waals surface area contributed by atoms with Gasteiger partial charge < -0.3 is 11.1 Å². The molecule has 1 aromatic heterocycles. The first-order chi connectivity index (χ1) is 8.56. The average molecular weight is 266 g/mol. The SMILES string of the molecule is Cc1cc(N)cnc1NCc1ccc(F)c(Cl)c1. The van der Waals surface area contributed by atoms with Crippen molar-refractivity contribution in [1.29, 1.82) is 0 Å². The summed E-state index contributed by atoms with van der Waals surface area (Å²) in [4.78, 5) is 4.19. The van der Waals surface area contributed by atoms with Crippen LogP contribution in [0.4, 0.5) is 15.9 Å². The van der Waals surface area contributed by atoms with Crippen LogP contribution in [0.25, 0.3) is 0 Å². The molecule has 94 valence electrons. The number of pyridine rings is 1. The minimum atomic E-state index is -0.415. The molecule has 5 heteroatoms. The Kier molecular flexibility index (Phi) is 3.67. The highest BCUT2D eigenvalue weighted by Crippen LogP contribution is 2.18. The van der Waals surface area contributed by atoms with Crippen molar-refractivity contribution < 1.29 is 4.39 Å². The number of nitrogens with two attached hydrogens (primary N) is 1. The van der Waals surface area contributed by atoms with E-state index in [1.807, 2.05) is 13.0 Å². The second kappa shape index (κ2) is 5.23. The predicted octanol–water partition coefficient (Wildman–Crippen LogP) is 3.38. The number of aryl methyl sites for hydroxylation is 1. The smallest absolute Gasteiger partial charge is 0.141 e. The minimum Gasteiger partial charge on any atom is -0.397 e. The van der Waals surface area contributed by atoms with Crippen LogP contribution in [0, 0.1) is 12.7 Å². The molecule has 1 aromatic carbocycles. The van der Waals surface area contributed by atoms with E-state index in [9.17, 15) is 4.39 Å². The van der Waals surface area contributed by atoms with Crippen LogP contribution in [0.1, 0.15) is 11.1 Å². The molecule has 2 aromatic rings. The van der Waals surface area contributed by atoms with E-state index in [0.717, 1.165) is 16.9 Å². The van der Waals surface area contributed by atoms with Gasteiger partial charge in [0, 0.05) is 6.54 Å². The van der Waals surface area contributed by atoms with Gasteiger partial charge in [0.2, 0.25) is 0 Å². The highest BCUT2D eigenvalue weighted by molar-refractivity contribution is 6.30. The molecule has 0 atom stereocenters. The van der Waals surface area contributed by atoms with E-state index >= 15 is 0 Å². The van der Waals surface area contributed by atoms with Gasteiger partial charge >= 0.3 is 0 Å². The lowest BCUT2D eigenvalue weighted by Crippen LogP contribution is -2.04. The third-order valence-electron chi connectivity index (χ3n) is 2.54. The first-order valence-electron chi connectivity index (χ1n) is 5.46. The van der Waals surface area contributed by atoms with E-state index in [4.69, 9.17) is 17.3 Å². The first-order valence-corrected chi connectivity index (χ1v) is 5.84. The van der Waals surface area contributed by atoms with Crippen molar-refractivity contribution in [1.82, 2.24) is 4.98 Å². The van der Waals surface area contributed by atoms with Crippen molar-refractivity contribution in [3.8, 4) is 0 Å². The average Bonchev–Trinajstić information content (AvgIpc) is 2.32. The number of nitrogens with zero attached hydrogens (tertiary/aromatic N) is 1. The Labute approximate surface area is 110 Å². The van der Waals surface area contributed by atoms with Gasteiger partial charge in [-0.05, 0) is 36.2 Å². The van der Waals surface area contributed by atoms with E-state index in [0.29, 0.717) is 12.2 Å². The quantitative estimate of drug-likeness (QED) is 0.895. The van der Waals surface area contributed by atoms with E-state index in [1.165, 1.54) is 6.07 Å². The summed E-state index contributed by atoms with van der Waals surface area (Å²) in [7, 11) is 0. The summed E-state index contributed by atoms with van der Waals surface area (Å²) in [6.45, 7) is 2.45. The lowest BCUT2D eigenvalue weighted by molar-refractivity contribution is 0.627. The number of nitrogen functional groups attached to an aromatic ring is 1. The minimum absolute atomic E-state index is 0.122. The lowest BCUT2D eigenvalue weighted by Gasteiger charge is -2.09. The second-order valence-electron chi connectivity index (χ2n) is 4.04. The lowest BCUT2D eigenvalue weighted by atomic mass is 10.2. The van der Waals surface area contributed by atoms with Crippen molar-refractivity contribution in [2.45, 2.75) is 13.5 Å². The molecule has 3 nitrogen and oxygen atoms in total. The Hall–Kier alpha value is -1.81. The molecule has 0 aliphatic heterocycles. The molecule has 18 heavy (non-hydrogen) atoms. The summed E-state index contributed by atoms with van der Waals surface area (Å²) in [6.07, 6.45) is 1.59. The number of hydrogen-bond donors (Lipinski definition) is 2. The molecule has 0 bridgehead atoms. The standard InChI is InChI=1S/C13H13ClFN3/c1-8-4-10(16)7-18-13(8)17-6-9-2-3-12(15)11(14)5-9/h2-5,7H,6,16H2,1H3,(H,17,18). The van der Waals surface area contributed by atoms with Crippen LogP contribution >= 0.6 is 11.6 Å². The van der Waals surface area contributed by atoms with E-state index < -0.39 is 5.82 Å². The third kappa shape index (κ3) is 2.90. The van der Waals surface area contributed by atoms with Gasteiger partial charge in [-0.15, -0.1) is 0 Å². The number of benzene rings is 1. The van der Waals surface area contributed by atoms with Gasteiger partial charge in [-0.25, -0.2) is 9.37 Å². The fourth-order valence-corrected chi connectivity index (χ4v) is 1.82. The maximum absolute atomic E-state index is 13.0. The number of aromatic nitrogens is 1. The number of halogens is 2. The highest BCUT2D eigenvalue weighted by atomic mass is 35.5. The summed E-state index contributed by atoms with van der Waals surface area (Å²) in [6, 6.07) is 6.47. The topological polar surface area (TPSA) is 50.9 Å². The van der Waals surface area contributed by atoms with Gasteiger partial charge in [0.15, 0.2) is 0 Å². The molecule has 0 aliphatic rings. The van der Waals surface area contributed by atoms with Gasteiger partial charge in [0.05, 0.1) is 16.9 Å². The molecule has 0 amide bonds. The summed E-state index contributed by atoms with van der Waals surface area (Å²) in [5.41, 5.74) is 8.10. The van der Waals surface area contributed by atoms with E-state index in [-0.39, 0.29) is 5.02 Å². The van der Waals surface area contributed by atoms with Crippen LogP contribution in [-0.4, -0.2) is 4.98 Å². The van der Waals surface area contributed by atoms with Crippen LogP contribution in [0.5, 0.6) is 0 Å². The molecular formula is C13H13ClFN3. The van der Waals surface area contributed by atoms with Gasteiger partial charge in [0.25, 0.3) is 0 Å². The zero-order valence-electron chi connectivity index (χ0n) is 9.87. The Balaban J connectivity index is 2.09. The molecule has 3 N–H and O–H groups in total. The zero-order valence-corrected chi connectivity index (χ0v) is 10.6. The van der Waals surface area contributed by atoms with Crippen molar-refractivity contribution in [2.75, 3.05) is 11.1 Å². The van der Waals surface area contributed by atoms with Crippen LogP contribution in [0.3, 0.4) is 0 Å². The normalized spacial score (nSPS) is 10.4. The summed E-state index contributed by atoms with van der Waals surface area (Å²) in [5, 5.41) is 3.28. The molecule has 0 fully saturated rings. The Morgan fingerprint density at radius 3 is 2.83 bits per heavy atom. The molecule has 1 heterocycles. The zero-order chi connectivity index (χ0) is 13.1. The maximum atomic E-state index is 13.0. The van der Waals surface area contributed by atoms with Crippen LogP contribution < -0.4 is 11.1 Å². The summed E-state index contributed by atoms with van der Waals surface area (Å²) in [5.74, 6) is 0.340.